The molecule has 3 heterocycles. The molecule has 61 heavy (non-hydrogen) atoms. The van der Waals surface area contributed by atoms with E-state index in [4.69, 9.17) is 14.7 Å². The smallest absolute Gasteiger partial charge is 0.162 e. The van der Waals surface area contributed by atoms with Crippen molar-refractivity contribution in [1.82, 2.24) is 14.5 Å². The summed E-state index contributed by atoms with van der Waals surface area (Å²) in [6, 6.07) is 76.6. The third-order valence-electron chi connectivity index (χ3n) is 11.8. The van der Waals surface area contributed by atoms with Crippen molar-refractivity contribution in [3.63, 3.8) is 0 Å². The van der Waals surface area contributed by atoms with E-state index in [0.29, 0.717) is 5.82 Å². The fourth-order valence-corrected chi connectivity index (χ4v) is 8.97. The van der Waals surface area contributed by atoms with Crippen LogP contribution in [0.2, 0.25) is 0 Å². The summed E-state index contributed by atoms with van der Waals surface area (Å²) < 4.78 is 9.03. The minimum atomic E-state index is 0.669. The van der Waals surface area contributed by atoms with Gasteiger partial charge >= 0.3 is 0 Å². The van der Waals surface area contributed by atoms with Crippen LogP contribution < -0.4 is 9.64 Å². The lowest BCUT2D eigenvalue weighted by atomic mass is 9.96. The van der Waals surface area contributed by atoms with Gasteiger partial charge in [-0.2, -0.15) is 0 Å². The van der Waals surface area contributed by atoms with E-state index in [9.17, 15) is 0 Å². The van der Waals surface area contributed by atoms with Crippen molar-refractivity contribution in [2.75, 3.05) is 4.90 Å². The van der Waals surface area contributed by atoms with Gasteiger partial charge in [0.25, 0.3) is 0 Å². The van der Waals surface area contributed by atoms with Crippen molar-refractivity contribution in [3.8, 4) is 62.2 Å². The number of rotatable bonds is 6. The van der Waals surface area contributed by atoms with Gasteiger partial charge in [0, 0.05) is 33.7 Å². The lowest BCUT2D eigenvalue weighted by Gasteiger charge is -2.33. The zero-order chi connectivity index (χ0) is 40.3. The highest BCUT2D eigenvalue weighted by atomic mass is 16.5. The summed E-state index contributed by atoms with van der Waals surface area (Å²) in [5.74, 6) is 3.09. The van der Waals surface area contributed by atoms with Crippen LogP contribution in [0.3, 0.4) is 0 Å². The number of aromatic nitrogens is 3. The maximum Gasteiger partial charge on any atom is 0.162 e. The van der Waals surface area contributed by atoms with Gasteiger partial charge < -0.3 is 9.64 Å². The molecular weight excluding hydrogens is 745 g/mol. The van der Waals surface area contributed by atoms with Crippen molar-refractivity contribution in [1.29, 1.82) is 0 Å². The van der Waals surface area contributed by atoms with Crippen LogP contribution in [0.15, 0.2) is 218 Å². The molecule has 286 valence electrons. The molecule has 0 aliphatic carbocycles. The fourth-order valence-electron chi connectivity index (χ4n) is 8.97. The molecule has 12 rings (SSSR count). The molecule has 1 aliphatic heterocycles. The van der Waals surface area contributed by atoms with E-state index in [0.717, 1.165) is 84.3 Å². The first-order valence-electron chi connectivity index (χ1n) is 20.6. The molecule has 1 aliphatic rings. The number of hydrogen-bond donors (Lipinski definition) is 0. The van der Waals surface area contributed by atoms with Crippen LogP contribution in [-0.4, -0.2) is 14.5 Å². The standard InChI is InChI=1S/C56H36N4O/c1-4-15-37(16-5-1)38-27-29-40(30-28-38)46-36-53(58-56(57-46)41-18-6-2-7-19-41)60-49-25-14-23-45(55(49)54-44-22-11-10-17-39(44)31-34-50(54)60)42-32-33-48-52(35-42)61-51-26-13-12-24-47(51)59(48)43-20-8-3-9-21-43/h1-36H. The minimum Gasteiger partial charge on any atom is -0.453 e. The third kappa shape index (κ3) is 5.86. The van der Waals surface area contributed by atoms with Crippen molar-refractivity contribution >= 4 is 49.6 Å². The van der Waals surface area contributed by atoms with Crippen LogP contribution in [0.25, 0.3) is 83.3 Å². The number of fused-ring (bicyclic) bond motifs is 7. The van der Waals surface area contributed by atoms with E-state index in [-0.39, 0.29) is 0 Å². The van der Waals surface area contributed by atoms with E-state index in [1.807, 2.05) is 36.4 Å². The molecule has 0 amide bonds. The number of nitrogens with zero attached hydrogens (tertiary/aromatic N) is 4. The number of ether oxygens (including phenoxy) is 1. The number of para-hydroxylation sites is 3. The molecular formula is C56H36N4O. The highest BCUT2D eigenvalue weighted by Crippen LogP contribution is 2.52. The Kier molecular flexibility index (Phi) is 8.10. The normalized spacial score (nSPS) is 12.0. The summed E-state index contributed by atoms with van der Waals surface area (Å²) >= 11 is 0. The molecule has 0 fully saturated rings. The second-order valence-corrected chi connectivity index (χ2v) is 15.4. The Morgan fingerprint density at radius 2 is 1.03 bits per heavy atom. The first-order valence-corrected chi connectivity index (χ1v) is 20.6. The third-order valence-corrected chi connectivity index (χ3v) is 11.8. The van der Waals surface area contributed by atoms with Crippen LogP contribution in [0.1, 0.15) is 0 Å². The van der Waals surface area contributed by atoms with Crippen LogP contribution in [0, 0.1) is 0 Å². The van der Waals surface area contributed by atoms with Gasteiger partial charge in [-0.15, -0.1) is 0 Å². The molecule has 0 saturated carbocycles. The van der Waals surface area contributed by atoms with Crippen LogP contribution in [0.4, 0.5) is 17.1 Å². The zero-order valence-corrected chi connectivity index (χ0v) is 33.0. The summed E-state index contributed by atoms with van der Waals surface area (Å²) in [4.78, 5) is 12.8. The number of anilines is 3. The Hall–Kier alpha value is -8.28. The summed E-state index contributed by atoms with van der Waals surface area (Å²) in [7, 11) is 0. The average Bonchev–Trinajstić information content (AvgIpc) is 3.69. The van der Waals surface area contributed by atoms with Gasteiger partial charge in [0.05, 0.1) is 28.1 Å². The summed E-state index contributed by atoms with van der Waals surface area (Å²) in [6.45, 7) is 0. The summed E-state index contributed by atoms with van der Waals surface area (Å²) in [5.41, 5.74) is 12.6. The van der Waals surface area contributed by atoms with Gasteiger partial charge in [-0.05, 0) is 81.6 Å². The first-order chi connectivity index (χ1) is 30.2. The topological polar surface area (TPSA) is 43.2 Å². The molecule has 0 unspecified atom stereocenters. The monoisotopic (exact) mass is 780 g/mol. The van der Waals surface area contributed by atoms with Crippen LogP contribution in [0.5, 0.6) is 11.5 Å². The highest BCUT2D eigenvalue weighted by Gasteiger charge is 2.27. The van der Waals surface area contributed by atoms with Gasteiger partial charge in [0.2, 0.25) is 0 Å². The Bertz CT molecular complexity index is 3430. The van der Waals surface area contributed by atoms with E-state index in [2.05, 4.69) is 191 Å². The molecule has 0 radical (unpaired) electrons. The lowest BCUT2D eigenvalue weighted by molar-refractivity contribution is 0.477. The zero-order valence-electron chi connectivity index (χ0n) is 33.0. The molecule has 0 saturated heterocycles. The van der Waals surface area contributed by atoms with Gasteiger partial charge in [-0.3, -0.25) is 4.57 Å². The van der Waals surface area contributed by atoms with Crippen LogP contribution in [-0.2, 0) is 0 Å². The maximum absolute atomic E-state index is 6.71. The molecule has 11 aromatic rings. The fraction of sp³-hybridized carbons (Fsp3) is 0. The van der Waals surface area contributed by atoms with E-state index in [1.165, 1.54) is 21.7 Å². The average molecular weight is 781 g/mol. The predicted molar refractivity (Wildman–Crippen MR) is 250 cm³/mol. The number of hydrogen-bond acceptors (Lipinski definition) is 4. The van der Waals surface area contributed by atoms with Crippen molar-refractivity contribution < 1.29 is 4.74 Å². The van der Waals surface area contributed by atoms with Crippen molar-refractivity contribution in [2.24, 2.45) is 0 Å². The van der Waals surface area contributed by atoms with E-state index >= 15 is 0 Å². The molecule has 0 bridgehead atoms. The molecule has 0 N–H and O–H groups in total. The lowest BCUT2D eigenvalue weighted by Crippen LogP contribution is -2.15. The van der Waals surface area contributed by atoms with Gasteiger partial charge in [-0.25, -0.2) is 9.97 Å². The summed E-state index contributed by atoms with van der Waals surface area (Å²) in [5, 5.41) is 4.69. The maximum atomic E-state index is 6.71. The molecule has 5 heteroatoms. The Balaban J connectivity index is 1.08. The summed E-state index contributed by atoms with van der Waals surface area (Å²) in [6.07, 6.45) is 0. The Morgan fingerprint density at radius 3 is 1.85 bits per heavy atom. The molecule has 2 aromatic heterocycles. The second kappa shape index (κ2) is 14.2. The highest BCUT2D eigenvalue weighted by molar-refractivity contribution is 6.25. The Morgan fingerprint density at radius 1 is 0.393 bits per heavy atom. The second-order valence-electron chi connectivity index (χ2n) is 15.4. The molecule has 5 nitrogen and oxygen atoms in total. The van der Waals surface area contributed by atoms with E-state index in [1.54, 1.807) is 0 Å². The predicted octanol–water partition coefficient (Wildman–Crippen LogP) is 15.0. The quantitative estimate of drug-likeness (QED) is 0.169. The van der Waals surface area contributed by atoms with Gasteiger partial charge in [0.15, 0.2) is 17.3 Å². The molecule has 9 aromatic carbocycles. The van der Waals surface area contributed by atoms with Crippen molar-refractivity contribution in [2.45, 2.75) is 0 Å². The van der Waals surface area contributed by atoms with Gasteiger partial charge in [0.1, 0.15) is 5.82 Å². The van der Waals surface area contributed by atoms with Crippen molar-refractivity contribution in [3.05, 3.63) is 218 Å². The molecule has 0 spiro atoms. The molecule has 0 atom stereocenters. The van der Waals surface area contributed by atoms with E-state index < -0.39 is 0 Å². The first kappa shape index (κ1) is 34.7. The number of benzene rings is 9. The van der Waals surface area contributed by atoms with Gasteiger partial charge in [-0.1, -0.05) is 164 Å². The minimum absolute atomic E-state index is 0.669. The van der Waals surface area contributed by atoms with Crippen LogP contribution >= 0.6 is 0 Å². The SMILES string of the molecule is c1ccc(-c2ccc(-c3cc(-n4c5cccc(-c6ccc7c(c6)Oc6ccccc6N7c6ccccc6)c5c5c6ccccc6ccc54)nc(-c4ccccc4)n3)cc2)cc1. The Labute approximate surface area is 353 Å². The largest absolute Gasteiger partial charge is 0.453 e.